The highest BCUT2D eigenvalue weighted by atomic mass is 16.6. The largest absolute Gasteiger partial charge is 0.497 e. The van der Waals surface area contributed by atoms with Crippen LogP contribution in [0, 0.1) is 0 Å². The van der Waals surface area contributed by atoms with Gasteiger partial charge in [-0.05, 0) is 75.7 Å². The number of carbonyl (C=O) groups excluding carboxylic acids is 4. The summed E-state index contributed by atoms with van der Waals surface area (Å²) in [4.78, 5) is 55.6. The van der Waals surface area contributed by atoms with E-state index in [1.54, 1.807) is 89.4 Å². The van der Waals surface area contributed by atoms with Crippen molar-refractivity contribution >= 4 is 41.4 Å². The molecule has 1 heterocycles. The van der Waals surface area contributed by atoms with Crippen LogP contribution in [0.5, 0.6) is 5.75 Å². The van der Waals surface area contributed by atoms with Gasteiger partial charge < -0.3 is 34.5 Å². The monoisotopic (exact) mass is 591 g/mol. The van der Waals surface area contributed by atoms with Gasteiger partial charge in [-0.25, -0.2) is 9.59 Å². The van der Waals surface area contributed by atoms with E-state index in [1.807, 2.05) is 0 Å². The maximum Gasteiger partial charge on any atom is 0.412 e. The number of anilines is 3. The van der Waals surface area contributed by atoms with E-state index >= 15 is 0 Å². The highest BCUT2D eigenvalue weighted by Gasteiger charge is 2.21. The molecule has 0 fully saturated rings. The molecule has 0 aliphatic heterocycles. The zero-order chi connectivity index (χ0) is 31.4. The molecule has 3 aromatic rings. The highest BCUT2D eigenvalue weighted by molar-refractivity contribution is 6.05. The van der Waals surface area contributed by atoms with Crippen LogP contribution in [-0.2, 0) is 20.8 Å². The third kappa shape index (κ3) is 10.4. The average molecular weight is 592 g/mol. The molecule has 12 heteroatoms. The van der Waals surface area contributed by atoms with Crippen LogP contribution in [0.25, 0.3) is 0 Å². The Bertz CT molecular complexity index is 1390. The first-order chi connectivity index (χ1) is 20.5. The summed E-state index contributed by atoms with van der Waals surface area (Å²) in [5, 5.41) is 8.19. The molecule has 228 valence electrons. The van der Waals surface area contributed by atoms with Crippen molar-refractivity contribution in [2.24, 2.45) is 0 Å². The van der Waals surface area contributed by atoms with Crippen molar-refractivity contribution in [3.8, 4) is 5.75 Å². The summed E-state index contributed by atoms with van der Waals surface area (Å²) in [7, 11) is 1.55. The second kappa shape index (κ2) is 15.3. The number of urea groups is 1. The first-order valence-electron chi connectivity index (χ1n) is 13.6. The van der Waals surface area contributed by atoms with Crippen molar-refractivity contribution in [3.05, 3.63) is 78.1 Å². The molecule has 43 heavy (non-hydrogen) atoms. The summed E-state index contributed by atoms with van der Waals surface area (Å²) in [6.07, 6.45) is 0.653. The number of amides is 4. The number of hydrogen-bond donors (Lipinski definition) is 3. The van der Waals surface area contributed by atoms with Gasteiger partial charge in [0.05, 0.1) is 25.0 Å². The van der Waals surface area contributed by atoms with Crippen molar-refractivity contribution in [3.63, 3.8) is 0 Å². The fourth-order valence-electron chi connectivity index (χ4n) is 3.84. The van der Waals surface area contributed by atoms with E-state index in [-0.39, 0.29) is 18.8 Å². The number of nitrogens with zero attached hydrogens (tertiary/aromatic N) is 2. The quantitative estimate of drug-likeness (QED) is 0.240. The van der Waals surface area contributed by atoms with Gasteiger partial charge in [-0.2, -0.15) is 0 Å². The van der Waals surface area contributed by atoms with Gasteiger partial charge in [0.1, 0.15) is 23.1 Å². The number of carbonyl (C=O) groups is 4. The molecule has 0 aliphatic carbocycles. The Balaban J connectivity index is 1.71. The van der Waals surface area contributed by atoms with Crippen LogP contribution in [0.4, 0.5) is 26.7 Å². The summed E-state index contributed by atoms with van der Waals surface area (Å²) >= 11 is 0. The second-order valence-electron chi connectivity index (χ2n) is 10.3. The highest BCUT2D eigenvalue weighted by Crippen LogP contribution is 2.23. The van der Waals surface area contributed by atoms with Crippen LogP contribution in [0.15, 0.2) is 66.9 Å². The average Bonchev–Trinajstić information content (AvgIpc) is 2.97. The van der Waals surface area contributed by atoms with Crippen LogP contribution < -0.4 is 20.7 Å². The Morgan fingerprint density at radius 3 is 2.19 bits per heavy atom. The van der Waals surface area contributed by atoms with Gasteiger partial charge in [-0.3, -0.25) is 15.1 Å². The minimum absolute atomic E-state index is 0.00297. The summed E-state index contributed by atoms with van der Waals surface area (Å²) in [6.45, 7) is 7.42. The lowest BCUT2D eigenvalue weighted by molar-refractivity contribution is -0.118. The fraction of sp³-hybridized carbons (Fsp3) is 0.323. The SMILES string of the molecule is CCOC(C=O)CN(Cc1ccc(C(=O)Nc2ccccc2NC(=O)OC(C)(C)C)nc1)C(=O)Nc1ccc(OC)cc1. The topological polar surface area (TPSA) is 148 Å². The molecule has 0 radical (unpaired) electrons. The molecule has 1 aromatic heterocycles. The summed E-state index contributed by atoms with van der Waals surface area (Å²) in [6, 6.07) is 16.3. The third-order valence-electron chi connectivity index (χ3n) is 5.80. The van der Waals surface area contributed by atoms with E-state index in [0.29, 0.717) is 41.3 Å². The predicted molar refractivity (Wildman–Crippen MR) is 162 cm³/mol. The van der Waals surface area contributed by atoms with Crippen LogP contribution in [-0.4, -0.2) is 66.2 Å². The fourth-order valence-corrected chi connectivity index (χ4v) is 3.84. The van der Waals surface area contributed by atoms with E-state index in [0.717, 1.165) is 0 Å². The van der Waals surface area contributed by atoms with E-state index in [9.17, 15) is 19.2 Å². The van der Waals surface area contributed by atoms with Crippen molar-refractivity contribution in [2.75, 3.05) is 36.2 Å². The van der Waals surface area contributed by atoms with Gasteiger partial charge in [0.2, 0.25) is 0 Å². The zero-order valence-electron chi connectivity index (χ0n) is 24.9. The second-order valence-corrected chi connectivity index (χ2v) is 10.3. The van der Waals surface area contributed by atoms with Gasteiger partial charge in [0, 0.05) is 25.0 Å². The number of aldehydes is 1. The molecule has 4 amide bonds. The smallest absolute Gasteiger partial charge is 0.412 e. The summed E-state index contributed by atoms with van der Waals surface area (Å²) in [5.41, 5.74) is 1.32. The van der Waals surface area contributed by atoms with E-state index in [4.69, 9.17) is 14.2 Å². The molecule has 0 bridgehead atoms. The van der Waals surface area contributed by atoms with E-state index in [2.05, 4.69) is 20.9 Å². The van der Waals surface area contributed by atoms with E-state index in [1.165, 1.54) is 17.2 Å². The number of pyridine rings is 1. The maximum absolute atomic E-state index is 13.2. The number of ether oxygens (including phenoxy) is 3. The Morgan fingerprint density at radius 2 is 1.63 bits per heavy atom. The lowest BCUT2D eigenvalue weighted by atomic mass is 10.2. The maximum atomic E-state index is 13.2. The molecule has 2 aromatic carbocycles. The van der Waals surface area contributed by atoms with Crippen LogP contribution >= 0.6 is 0 Å². The van der Waals surface area contributed by atoms with Gasteiger partial charge >= 0.3 is 12.1 Å². The van der Waals surface area contributed by atoms with Crippen molar-refractivity contribution in [1.82, 2.24) is 9.88 Å². The standard InChI is InChI=1S/C31H37N5O7/c1-6-42-24(20-37)19-36(29(39)33-22-12-14-23(41-5)15-13-22)18-21-11-16-27(32-17-21)28(38)34-25-9-7-8-10-26(25)35-30(40)43-31(2,3)4/h7-17,20,24H,6,18-19H2,1-5H3,(H,33,39)(H,34,38)(H,35,40). The Kier molecular flexibility index (Phi) is 11.6. The van der Waals surface area contributed by atoms with E-state index < -0.39 is 29.7 Å². The van der Waals surface area contributed by atoms with Gasteiger partial charge in [-0.1, -0.05) is 18.2 Å². The molecular formula is C31H37N5O7. The molecule has 0 saturated carbocycles. The van der Waals surface area contributed by atoms with Gasteiger partial charge in [-0.15, -0.1) is 0 Å². The number of para-hydroxylation sites is 2. The number of rotatable bonds is 12. The lowest BCUT2D eigenvalue weighted by Crippen LogP contribution is -2.41. The van der Waals surface area contributed by atoms with Crippen molar-refractivity contribution in [2.45, 2.75) is 45.9 Å². The summed E-state index contributed by atoms with van der Waals surface area (Å²) < 4.78 is 15.9. The Hall–Kier alpha value is -4.97. The lowest BCUT2D eigenvalue weighted by Gasteiger charge is -2.25. The van der Waals surface area contributed by atoms with Crippen molar-refractivity contribution in [1.29, 1.82) is 0 Å². The zero-order valence-corrected chi connectivity index (χ0v) is 24.9. The molecule has 3 rings (SSSR count). The molecule has 0 saturated heterocycles. The van der Waals surface area contributed by atoms with Crippen LogP contribution in [0.3, 0.4) is 0 Å². The van der Waals surface area contributed by atoms with Gasteiger partial charge in [0.15, 0.2) is 6.29 Å². The number of nitrogens with one attached hydrogen (secondary N) is 3. The third-order valence-corrected chi connectivity index (χ3v) is 5.80. The molecule has 1 atom stereocenters. The normalized spacial score (nSPS) is 11.6. The van der Waals surface area contributed by atoms with Crippen molar-refractivity contribution < 1.29 is 33.4 Å². The number of benzene rings is 2. The first-order valence-corrected chi connectivity index (χ1v) is 13.6. The van der Waals surface area contributed by atoms with Crippen LogP contribution in [0.2, 0.25) is 0 Å². The molecular weight excluding hydrogens is 554 g/mol. The summed E-state index contributed by atoms with van der Waals surface area (Å²) in [5.74, 6) is 0.140. The molecule has 3 N–H and O–H groups in total. The minimum atomic E-state index is -0.820. The van der Waals surface area contributed by atoms with Crippen LogP contribution in [0.1, 0.15) is 43.7 Å². The first kappa shape index (κ1) is 32.5. The Morgan fingerprint density at radius 1 is 0.953 bits per heavy atom. The molecule has 0 aliphatic rings. The predicted octanol–water partition coefficient (Wildman–Crippen LogP) is 5.33. The molecule has 1 unspecified atom stereocenters. The van der Waals surface area contributed by atoms with Gasteiger partial charge in [0.25, 0.3) is 5.91 Å². The number of hydrogen-bond acceptors (Lipinski definition) is 8. The number of methoxy groups -OCH3 is 1. The Labute approximate surface area is 250 Å². The molecule has 12 nitrogen and oxygen atoms in total. The minimum Gasteiger partial charge on any atom is -0.497 e. The molecule has 0 spiro atoms. The number of aromatic nitrogens is 1.